The van der Waals surface area contributed by atoms with Gasteiger partial charge in [0.15, 0.2) is 0 Å². The molecule has 0 aliphatic rings. The van der Waals surface area contributed by atoms with Gasteiger partial charge in [0, 0.05) is 24.0 Å². The highest BCUT2D eigenvalue weighted by atomic mass is 16.5. The molecule has 19 heavy (non-hydrogen) atoms. The standard InChI is InChI=1S/C15H19N3O/c1-3-18(14-9-7-12(16)8-10-14)11-13-5-4-6-15(17-13)19-2/h4-10H,3,11,16H2,1-2H3. The summed E-state index contributed by atoms with van der Waals surface area (Å²) in [6, 6.07) is 13.7. The highest BCUT2D eigenvalue weighted by molar-refractivity contribution is 5.53. The number of methoxy groups -OCH3 is 1. The van der Waals surface area contributed by atoms with Gasteiger partial charge in [0.25, 0.3) is 0 Å². The Morgan fingerprint density at radius 1 is 1.16 bits per heavy atom. The number of benzene rings is 1. The molecule has 0 saturated heterocycles. The smallest absolute Gasteiger partial charge is 0.213 e. The summed E-state index contributed by atoms with van der Waals surface area (Å²) in [4.78, 5) is 6.67. The zero-order valence-electron chi connectivity index (χ0n) is 11.3. The molecule has 0 atom stereocenters. The molecule has 0 bridgehead atoms. The summed E-state index contributed by atoms with van der Waals surface area (Å²) in [6.07, 6.45) is 0. The lowest BCUT2D eigenvalue weighted by Crippen LogP contribution is -2.22. The van der Waals surface area contributed by atoms with E-state index in [2.05, 4.69) is 16.8 Å². The van der Waals surface area contributed by atoms with Gasteiger partial charge in [-0.1, -0.05) is 6.07 Å². The molecular weight excluding hydrogens is 238 g/mol. The molecule has 100 valence electrons. The molecule has 2 rings (SSSR count). The molecule has 0 spiro atoms. The van der Waals surface area contributed by atoms with Gasteiger partial charge in [-0.05, 0) is 37.3 Å². The van der Waals surface area contributed by atoms with Crippen LogP contribution in [0.15, 0.2) is 42.5 Å². The van der Waals surface area contributed by atoms with E-state index in [9.17, 15) is 0 Å². The predicted octanol–water partition coefficient (Wildman–Crippen LogP) is 2.70. The van der Waals surface area contributed by atoms with E-state index >= 15 is 0 Å². The molecule has 4 heteroatoms. The number of nitrogens with two attached hydrogens (primary N) is 1. The van der Waals surface area contributed by atoms with E-state index in [0.717, 1.165) is 30.2 Å². The SMILES string of the molecule is CCN(Cc1cccc(OC)n1)c1ccc(N)cc1. The van der Waals surface area contributed by atoms with Crippen molar-refractivity contribution in [2.24, 2.45) is 0 Å². The Morgan fingerprint density at radius 3 is 2.53 bits per heavy atom. The maximum Gasteiger partial charge on any atom is 0.213 e. The second-order valence-electron chi connectivity index (χ2n) is 4.28. The molecule has 0 unspecified atom stereocenters. The minimum Gasteiger partial charge on any atom is -0.481 e. The molecule has 0 saturated carbocycles. The second kappa shape index (κ2) is 6.09. The van der Waals surface area contributed by atoms with Crippen LogP contribution in [-0.4, -0.2) is 18.6 Å². The van der Waals surface area contributed by atoms with Gasteiger partial charge in [-0.3, -0.25) is 0 Å². The van der Waals surface area contributed by atoms with Crippen LogP contribution in [0.3, 0.4) is 0 Å². The zero-order chi connectivity index (χ0) is 13.7. The van der Waals surface area contributed by atoms with E-state index in [4.69, 9.17) is 10.5 Å². The fourth-order valence-electron chi connectivity index (χ4n) is 1.93. The molecule has 1 heterocycles. The first kappa shape index (κ1) is 13.2. The fraction of sp³-hybridized carbons (Fsp3) is 0.267. The van der Waals surface area contributed by atoms with Crippen LogP contribution in [0.5, 0.6) is 5.88 Å². The van der Waals surface area contributed by atoms with Gasteiger partial charge in [0.2, 0.25) is 5.88 Å². The molecule has 0 fully saturated rings. The number of rotatable bonds is 5. The van der Waals surface area contributed by atoms with E-state index in [1.807, 2.05) is 42.5 Å². The Hall–Kier alpha value is -2.23. The van der Waals surface area contributed by atoms with Crippen molar-refractivity contribution in [3.63, 3.8) is 0 Å². The van der Waals surface area contributed by atoms with Crippen LogP contribution in [0, 0.1) is 0 Å². The highest BCUT2D eigenvalue weighted by Crippen LogP contribution is 2.18. The first-order valence-electron chi connectivity index (χ1n) is 6.33. The maximum absolute atomic E-state index is 5.71. The third kappa shape index (κ3) is 3.37. The molecule has 0 aliphatic heterocycles. The lowest BCUT2D eigenvalue weighted by molar-refractivity contribution is 0.396. The average molecular weight is 257 g/mol. The second-order valence-corrected chi connectivity index (χ2v) is 4.28. The van der Waals surface area contributed by atoms with Crippen molar-refractivity contribution >= 4 is 11.4 Å². The van der Waals surface area contributed by atoms with Gasteiger partial charge in [-0.15, -0.1) is 0 Å². The van der Waals surface area contributed by atoms with E-state index in [1.165, 1.54) is 0 Å². The van der Waals surface area contributed by atoms with Crippen molar-refractivity contribution < 1.29 is 4.74 Å². The maximum atomic E-state index is 5.71. The third-order valence-electron chi connectivity index (χ3n) is 2.98. The van der Waals surface area contributed by atoms with Crippen LogP contribution >= 0.6 is 0 Å². The first-order valence-corrected chi connectivity index (χ1v) is 6.33. The van der Waals surface area contributed by atoms with E-state index in [1.54, 1.807) is 7.11 Å². The number of anilines is 2. The van der Waals surface area contributed by atoms with E-state index in [0.29, 0.717) is 5.88 Å². The summed E-state index contributed by atoms with van der Waals surface area (Å²) >= 11 is 0. The van der Waals surface area contributed by atoms with Crippen LogP contribution < -0.4 is 15.4 Å². The minimum absolute atomic E-state index is 0.644. The largest absolute Gasteiger partial charge is 0.481 e. The summed E-state index contributed by atoms with van der Waals surface area (Å²) in [5, 5.41) is 0. The number of hydrogen-bond acceptors (Lipinski definition) is 4. The van der Waals surface area contributed by atoms with Crippen molar-refractivity contribution in [3.8, 4) is 5.88 Å². The number of nitrogen functional groups attached to an aromatic ring is 1. The molecule has 4 nitrogen and oxygen atoms in total. The van der Waals surface area contributed by atoms with Gasteiger partial charge in [0.05, 0.1) is 19.3 Å². The van der Waals surface area contributed by atoms with Crippen LogP contribution in [0.4, 0.5) is 11.4 Å². The zero-order valence-corrected chi connectivity index (χ0v) is 11.3. The summed E-state index contributed by atoms with van der Waals surface area (Å²) in [6.45, 7) is 3.77. The van der Waals surface area contributed by atoms with Crippen LogP contribution in [0.2, 0.25) is 0 Å². The summed E-state index contributed by atoms with van der Waals surface area (Å²) in [5.74, 6) is 0.644. The van der Waals surface area contributed by atoms with Gasteiger partial charge in [-0.2, -0.15) is 0 Å². The van der Waals surface area contributed by atoms with Gasteiger partial charge >= 0.3 is 0 Å². The monoisotopic (exact) mass is 257 g/mol. The van der Waals surface area contributed by atoms with Crippen molar-refractivity contribution in [2.45, 2.75) is 13.5 Å². The lowest BCUT2D eigenvalue weighted by Gasteiger charge is -2.23. The van der Waals surface area contributed by atoms with E-state index < -0.39 is 0 Å². The number of ether oxygens (including phenoxy) is 1. The lowest BCUT2D eigenvalue weighted by atomic mass is 10.2. The Labute approximate surface area is 113 Å². The molecule has 2 aromatic rings. The molecule has 1 aromatic carbocycles. The molecule has 1 aromatic heterocycles. The number of nitrogens with zero attached hydrogens (tertiary/aromatic N) is 2. The normalized spacial score (nSPS) is 10.2. The number of pyridine rings is 1. The third-order valence-corrected chi connectivity index (χ3v) is 2.98. The molecule has 0 aliphatic carbocycles. The Kier molecular flexibility index (Phi) is 4.23. The quantitative estimate of drug-likeness (QED) is 0.837. The first-order chi connectivity index (χ1) is 9.22. The van der Waals surface area contributed by atoms with Crippen molar-refractivity contribution in [1.29, 1.82) is 0 Å². The number of aromatic nitrogens is 1. The van der Waals surface area contributed by atoms with Gasteiger partial charge in [-0.25, -0.2) is 4.98 Å². The van der Waals surface area contributed by atoms with Gasteiger partial charge in [0.1, 0.15) is 0 Å². The molecule has 2 N–H and O–H groups in total. The van der Waals surface area contributed by atoms with Crippen molar-refractivity contribution in [1.82, 2.24) is 4.98 Å². The van der Waals surface area contributed by atoms with Crippen molar-refractivity contribution in [2.75, 3.05) is 24.3 Å². The van der Waals surface area contributed by atoms with Crippen molar-refractivity contribution in [3.05, 3.63) is 48.2 Å². The Morgan fingerprint density at radius 2 is 1.89 bits per heavy atom. The Bertz CT molecular complexity index is 525. The Balaban J connectivity index is 2.16. The van der Waals surface area contributed by atoms with Gasteiger partial charge < -0.3 is 15.4 Å². The highest BCUT2D eigenvalue weighted by Gasteiger charge is 2.06. The predicted molar refractivity (Wildman–Crippen MR) is 78.4 cm³/mol. The summed E-state index contributed by atoms with van der Waals surface area (Å²) in [5.41, 5.74) is 8.61. The molecule has 0 radical (unpaired) electrons. The molecule has 0 amide bonds. The average Bonchev–Trinajstić information content (AvgIpc) is 2.46. The summed E-state index contributed by atoms with van der Waals surface area (Å²) < 4.78 is 5.15. The number of hydrogen-bond donors (Lipinski definition) is 1. The van der Waals surface area contributed by atoms with E-state index in [-0.39, 0.29) is 0 Å². The van der Waals surface area contributed by atoms with Crippen LogP contribution in [0.25, 0.3) is 0 Å². The summed E-state index contributed by atoms with van der Waals surface area (Å²) in [7, 11) is 1.63. The molecular formula is C15H19N3O. The topological polar surface area (TPSA) is 51.4 Å². The van der Waals surface area contributed by atoms with Crippen LogP contribution in [-0.2, 0) is 6.54 Å². The van der Waals surface area contributed by atoms with Crippen LogP contribution in [0.1, 0.15) is 12.6 Å². The fourth-order valence-corrected chi connectivity index (χ4v) is 1.93. The minimum atomic E-state index is 0.644.